The van der Waals surface area contributed by atoms with Gasteiger partial charge in [-0.2, -0.15) is 0 Å². The van der Waals surface area contributed by atoms with E-state index in [-0.39, 0.29) is 0 Å². The molecule has 1 atom stereocenters. The van der Waals surface area contributed by atoms with E-state index in [4.69, 9.17) is 16.3 Å². The van der Waals surface area contributed by atoms with Crippen molar-refractivity contribution in [2.45, 2.75) is 17.4 Å². The van der Waals surface area contributed by atoms with Crippen molar-refractivity contribution in [1.29, 1.82) is 0 Å². The molecule has 4 heteroatoms. The number of hydrogen-bond acceptors (Lipinski definition) is 3. The second-order valence-electron chi connectivity index (χ2n) is 4.72. The molecule has 3 rings (SSSR count). The van der Waals surface area contributed by atoms with Gasteiger partial charge in [0.15, 0.2) is 0 Å². The van der Waals surface area contributed by atoms with Crippen LogP contribution in [0.3, 0.4) is 0 Å². The van der Waals surface area contributed by atoms with Crippen LogP contribution in [-0.4, -0.2) is 12.9 Å². The van der Waals surface area contributed by atoms with Gasteiger partial charge in [-0.1, -0.05) is 29.8 Å². The minimum absolute atomic E-state index is 0.305. The van der Waals surface area contributed by atoms with Gasteiger partial charge in [-0.15, -0.1) is 11.8 Å². The zero-order valence-corrected chi connectivity index (χ0v) is 12.8. The van der Waals surface area contributed by atoms with Crippen molar-refractivity contribution in [2.24, 2.45) is 0 Å². The minimum atomic E-state index is 0.305. The molecule has 0 saturated heterocycles. The van der Waals surface area contributed by atoms with E-state index in [2.05, 4.69) is 29.6 Å². The Labute approximate surface area is 128 Å². The van der Waals surface area contributed by atoms with Gasteiger partial charge in [0, 0.05) is 15.7 Å². The highest BCUT2D eigenvalue weighted by Crippen LogP contribution is 2.39. The number of rotatable bonds is 3. The van der Waals surface area contributed by atoms with Crippen molar-refractivity contribution in [3.05, 3.63) is 53.1 Å². The Morgan fingerprint density at radius 3 is 2.95 bits per heavy atom. The van der Waals surface area contributed by atoms with Gasteiger partial charge in [-0.25, -0.2) is 0 Å². The van der Waals surface area contributed by atoms with E-state index in [9.17, 15) is 0 Å². The largest absolute Gasteiger partial charge is 0.495 e. The predicted octanol–water partition coefficient (Wildman–Crippen LogP) is 5.00. The molecule has 1 aliphatic rings. The van der Waals surface area contributed by atoms with Gasteiger partial charge in [0.2, 0.25) is 0 Å². The first kappa shape index (κ1) is 13.7. The van der Waals surface area contributed by atoms with Gasteiger partial charge in [-0.3, -0.25) is 0 Å². The maximum atomic E-state index is 6.09. The van der Waals surface area contributed by atoms with Crippen molar-refractivity contribution >= 4 is 29.1 Å². The van der Waals surface area contributed by atoms with E-state index >= 15 is 0 Å². The molecule has 0 radical (unpaired) electrons. The van der Waals surface area contributed by atoms with Crippen LogP contribution in [0.25, 0.3) is 0 Å². The second kappa shape index (κ2) is 5.98. The van der Waals surface area contributed by atoms with Gasteiger partial charge in [0.05, 0.1) is 18.8 Å². The van der Waals surface area contributed by atoms with Gasteiger partial charge in [-0.05, 0) is 36.2 Å². The topological polar surface area (TPSA) is 21.3 Å². The lowest BCUT2D eigenvalue weighted by Gasteiger charge is -2.27. The third-order valence-electron chi connectivity index (χ3n) is 3.45. The number of anilines is 1. The first-order valence-electron chi connectivity index (χ1n) is 6.60. The van der Waals surface area contributed by atoms with Crippen LogP contribution in [0.5, 0.6) is 5.75 Å². The summed E-state index contributed by atoms with van der Waals surface area (Å²) >= 11 is 8.01. The maximum Gasteiger partial charge on any atom is 0.142 e. The Balaban J connectivity index is 1.91. The molecule has 20 heavy (non-hydrogen) atoms. The van der Waals surface area contributed by atoms with E-state index < -0.39 is 0 Å². The van der Waals surface area contributed by atoms with Crippen LogP contribution in [0.1, 0.15) is 18.0 Å². The molecule has 0 spiro atoms. The summed E-state index contributed by atoms with van der Waals surface area (Å²) in [6.45, 7) is 0. The van der Waals surface area contributed by atoms with Gasteiger partial charge < -0.3 is 10.1 Å². The van der Waals surface area contributed by atoms with Crippen molar-refractivity contribution in [3.63, 3.8) is 0 Å². The monoisotopic (exact) mass is 305 g/mol. The molecular formula is C16H16ClNOS. The number of thioether (sulfide) groups is 1. The van der Waals surface area contributed by atoms with Crippen molar-refractivity contribution < 1.29 is 4.74 Å². The van der Waals surface area contributed by atoms with Crippen LogP contribution in [-0.2, 0) is 0 Å². The molecule has 104 valence electrons. The van der Waals surface area contributed by atoms with Crippen LogP contribution in [0.15, 0.2) is 47.4 Å². The Bertz CT molecular complexity index is 617. The molecule has 1 aliphatic heterocycles. The fourth-order valence-electron chi connectivity index (χ4n) is 2.47. The Morgan fingerprint density at radius 2 is 2.10 bits per heavy atom. The van der Waals surface area contributed by atoms with E-state index in [0.717, 1.165) is 23.6 Å². The van der Waals surface area contributed by atoms with Gasteiger partial charge in [0.25, 0.3) is 0 Å². The van der Waals surface area contributed by atoms with Gasteiger partial charge in [0.1, 0.15) is 5.75 Å². The van der Waals surface area contributed by atoms with E-state index in [1.807, 2.05) is 30.0 Å². The summed E-state index contributed by atoms with van der Waals surface area (Å²) in [7, 11) is 1.68. The van der Waals surface area contributed by atoms with Crippen molar-refractivity contribution in [1.82, 2.24) is 0 Å². The van der Waals surface area contributed by atoms with Crippen molar-refractivity contribution in [2.75, 3.05) is 18.2 Å². The highest BCUT2D eigenvalue weighted by molar-refractivity contribution is 7.99. The summed E-state index contributed by atoms with van der Waals surface area (Å²) in [5.74, 6) is 1.95. The molecule has 0 saturated carbocycles. The first-order chi connectivity index (χ1) is 9.78. The SMILES string of the molecule is COc1ccc(Cl)cc1NC1CCSc2ccccc21. The zero-order valence-electron chi connectivity index (χ0n) is 11.2. The fraction of sp³-hybridized carbons (Fsp3) is 0.250. The van der Waals surface area contributed by atoms with Crippen LogP contribution in [0.4, 0.5) is 5.69 Å². The normalized spacial score (nSPS) is 17.4. The molecule has 2 aromatic rings. The van der Waals surface area contributed by atoms with E-state index in [1.165, 1.54) is 10.5 Å². The molecular weight excluding hydrogens is 290 g/mol. The molecule has 1 N–H and O–H groups in total. The molecule has 0 amide bonds. The summed E-state index contributed by atoms with van der Waals surface area (Å²) in [4.78, 5) is 1.36. The second-order valence-corrected chi connectivity index (χ2v) is 6.29. The number of ether oxygens (including phenoxy) is 1. The highest BCUT2D eigenvalue weighted by atomic mass is 35.5. The van der Waals surface area contributed by atoms with Crippen molar-refractivity contribution in [3.8, 4) is 5.75 Å². The number of halogens is 1. The molecule has 0 fully saturated rings. The third-order valence-corrected chi connectivity index (χ3v) is 4.81. The molecule has 0 bridgehead atoms. The standard InChI is InChI=1S/C16H16ClNOS/c1-19-15-7-6-11(17)10-14(15)18-13-8-9-20-16-5-3-2-4-12(13)16/h2-7,10,13,18H,8-9H2,1H3. The summed E-state index contributed by atoms with van der Waals surface area (Å²) in [6, 6.07) is 14.5. The average molecular weight is 306 g/mol. The number of nitrogens with one attached hydrogen (secondary N) is 1. The molecule has 2 nitrogen and oxygen atoms in total. The minimum Gasteiger partial charge on any atom is -0.495 e. The van der Waals surface area contributed by atoms with Crippen LogP contribution < -0.4 is 10.1 Å². The Hall–Kier alpha value is -1.32. The first-order valence-corrected chi connectivity index (χ1v) is 7.96. The van der Waals surface area contributed by atoms with Gasteiger partial charge >= 0.3 is 0 Å². The predicted molar refractivity (Wildman–Crippen MR) is 86.2 cm³/mol. The molecule has 0 aliphatic carbocycles. The molecule has 0 aromatic heterocycles. The zero-order chi connectivity index (χ0) is 13.9. The fourth-order valence-corrected chi connectivity index (χ4v) is 3.77. The summed E-state index contributed by atoms with van der Waals surface area (Å²) in [5.41, 5.74) is 2.30. The summed E-state index contributed by atoms with van der Waals surface area (Å²) < 4.78 is 5.40. The number of hydrogen-bond donors (Lipinski definition) is 1. The molecule has 2 aromatic carbocycles. The lowest BCUT2D eigenvalue weighted by Crippen LogP contribution is -2.16. The number of benzene rings is 2. The van der Waals surface area contributed by atoms with Crippen LogP contribution >= 0.6 is 23.4 Å². The third kappa shape index (κ3) is 2.74. The van der Waals surface area contributed by atoms with E-state index in [0.29, 0.717) is 11.1 Å². The Morgan fingerprint density at radius 1 is 1.25 bits per heavy atom. The quantitative estimate of drug-likeness (QED) is 0.862. The van der Waals surface area contributed by atoms with Crippen LogP contribution in [0, 0.1) is 0 Å². The number of fused-ring (bicyclic) bond motifs is 1. The summed E-state index contributed by atoms with van der Waals surface area (Å²) in [6.07, 6.45) is 1.09. The Kier molecular flexibility index (Phi) is 4.08. The summed E-state index contributed by atoms with van der Waals surface area (Å²) in [5, 5.41) is 4.29. The lowest BCUT2D eigenvalue weighted by atomic mass is 10.0. The molecule has 1 heterocycles. The molecule has 1 unspecified atom stereocenters. The lowest BCUT2D eigenvalue weighted by molar-refractivity contribution is 0.416. The average Bonchev–Trinajstić information content (AvgIpc) is 2.48. The highest BCUT2D eigenvalue weighted by Gasteiger charge is 2.21. The van der Waals surface area contributed by atoms with Crippen LogP contribution in [0.2, 0.25) is 5.02 Å². The smallest absolute Gasteiger partial charge is 0.142 e. The maximum absolute atomic E-state index is 6.09. The van der Waals surface area contributed by atoms with E-state index in [1.54, 1.807) is 7.11 Å². The number of methoxy groups -OCH3 is 1.